The Bertz CT molecular complexity index is 1040. The molecule has 5 rings (SSSR count). The molecule has 0 bridgehead atoms. The van der Waals surface area contributed by atoms with E-state index in [-0.39, 0.29) is 17.4 Å². The first-order valence-electron chi connectivity index (χ1n) is 14.1. The van der Waals surface area contributed by atoms with Crippen molar-refractivity contribution >= 4 is 28.8 Å². The third-order valence-electron chi connectivity index (χ3n) is 8.11. The molecule has 0 spiro atoms. The van der Waals surface area contributed by atoms with E-state index in [9.17, 15) is 4.79 Å². The third-order valence-corrected chi connectivity index (χ3v) is 8.11. The van der Waals surface area contributed by atoms with Crippen LogP contribution in [0.15, 0.2) is 6.33 Å². The Labute approximate surface area is 215 Å². The minimum Gasteiger partial charge on any atom is -0.365 e. The number of carbonyl (C=O) groups is 1. The van der Waals surface area contributed by atoms with Crippen LogP contribution in [0.4, 0.5) is 11.8 Å². The summed E-state index contributed by atoms with van der Waals surface area (Å²) in [6.07, 6.45) is 13.4. The molecule has 0 radical (unpaired) electrons. The number of amides is 1. The summed E-state index contributed by atoms with van der Waals surface area (Å²) in [6.45, 7) is 7.93. The van der Waals surface area contributed by atoms with E-state index in [0.717, 1.165) is 68.6 Å². The van der Waals surface area contributed by atoms with Crippen LogP contribution in [0.5, 0.6) is 0 Å². The van der Waals surface area contributed by atoms with E-state index in [0.29, 0.717) is 30.5 Å². The molecule has 3 heterocycles. The molecular weight excluding hydrogens is 452 g/mol. The molecule has 9 heteroatoms. The van der Waals surface area contributed by atoms with Crippen LogP contribution in [-0.2, 0) is 4.79 Å². The molecule has 2 aliphatic carbocycles. The number of imidazole rings is 1. The van der Waals surface area contributed by atoms with E-state index in [2.05, 4.69) is 36.0 Å². The number of likely N-dealkylation sites (tertiary alicyclic amines) is 1. The van der Waals surface area contributed by atoms with Crippen molar-refractivity contribution in [1.82, 2.24) is 24.4 Å². The first-order valence-corrected chi connectivity index (χ1v) is 14.1. The lowest BCUT2D eigenvalue weighted by Crippen LogP contribution is -2.43. The number of anilines is 2. The van der Waals surface area contributed by atoms with Crippen molar-refractivity contribution in [3.05, 3.63) is 6.33 Å². The van der Waals surface area contributed by atoms with E-state index in [1.165, 1.54) is 25.7 Å². The van der Waals surface area contributed by atoms with Gasteiger partial charge >= 0.3 is 0 Å². The molecule has 1 amide bonds. The Balaban J connectivity index is 1.33. The predicted octanol–water partition coefficient (Wildman–Crippen LogP) is 4.46. The molecule has 36 heavy (non-hydrogen) atoms. The van der Waals surface area contributed by atoms with Gasteiger partial charge in [0.1, 0.15) is 0 Å². The second-order valence-corrected chi connectivity index (χ2v) is 12.5. The van der Waals surface area contributed by atoms with Crippen LogP contribution in [0.2, 0.25) is 0 Å². The van der Waals surface area contributed by atoms with Gasteiger partial charge in [-0.1, -0.05) is 33.6 Å². The molecule has 1 saturated heterocycles. The van der Waals surface area contributed by atoms with Crippen molar-refractivity contribution < 1.29 is 4.79 Å². The predicted molar refractivity (Wildman–Crippen MR) is 144 cm³/mol. The van der Waals surface area contributed by atoms with Crippen LogP contribution in [0.1, 0.15) is 97.4 Å². The number of nitrogens with two attached hydrogens (primary N) is 1. The molecule has 2 aromatic heterocycles. The highest BCUT2D eigenvalue weighted by Crippen LogP contribution is 2.34. The second-order valence-electron chi connectivity index (χ2n) is 12.5. The van der Waals surface area contributed by atoms with Crippen LogP contribution in [0, 0.1) is 5.41 Å². The minimum atomic E-state index is 0.0175. The molecule has 2 saturated carbocycles. The number of nitrogens with zero attached hydrogens (tertiary/aromatic N) is 5. The van der Waals surface area contributed by atoms with Gasteiger partial charge in [-0.3, -0.25) is 4.79 Å². The van der Waals surface area contributed by atoms with Gasteiger partial charge in [-0.25, -0.2) is 4.98 Å². The monoisotopic (exact) mass is 496 g/mol. The highest BCUT2D eigenvalue weighted by atomic mass is 16.2. The van der Waals surface area contributed by atoms with E-state index in [1.54, 1.807) is 0 Å². The van der Waals surface area contributed by atoms with Gasteiger partial charge < -0.3 is 25.8 Å². The summed E-state index contributed by atoms with van der Waals surface area (Å²) in [4.78, 5) is 29.4. The van der Waals surface area contributed by atoms with E-state index in [1.807, 2.05) is 11.2 Å². The Morgan fingerprint density at radius 3 is 2.31 bits per heavy atom. The maximum Gasteiger partial charge on any atom is 0.227 e. The molecular formula is C27H44N8O. The molecule has 0 atom stereocenters. The van der Waals surface area contributed by atoms with Crippen LogP contribution in [-0.4, -0.2) is 61.5 Å². The summed E-state index contributed by atoms with van der Waals surface area (Å²) in [6, 6.07) is 1.40. The summed E-state index contributed by atoms with van der Waals surface area (Å²) in [5, 5.41) is 7.31. The van der Waals surface area contributed by atoms with Gasteiger partial charge in [-0.2, -0.15) is 9.97 Å². The number of nitrogens with one attached hydrogen (secondary N) is 2. The van der Waals surface area contributed by atoms with Crippen molar-refractivity contribution in [2.24, 2.45) is 11.1 Å². The van der Waals surface area contributed by atoms with E-state index >= 15 is 0 Å². The van der Waals surface area contributed by atoms with Gasteiger partial charge in [0.2, 0.25) is 11.9 Å². The molecule has 1 aliphatic heterocycles. The highest BCUT2D eigenvalue weighted by molar-refractivity contribution is 5.84. The number of hydrogen-bond acceptors (Lipinski definition) is 7. The van der Waals surface area contributed by atoms with Gasteiger partial charge in [0.25, 0.3) is 0 Å². The van der Waals surface area contributed by atoms with Gasteiger partial charge in [-0.15, -0.1) is 0 Å². The zero-order chi connectivity index (χ0) is 25.3. The van der Waals surface area contributed by atoms with E-state index in [4.69, 9.17) is 20.7 Å². The number of fused-ring (bicyclic) bond motifs is 1. The number of aromatic nitrogens is 4. The molecule has 198 valence electrons. The van der Waals surface area contributed by atoms with Crippen molar-refractivity contribution in [2.45, 2.75) is 116 Å². The van der Waals surface area contributed by atoms with Gasteiger partial charge in [0.05, 0.1) is 6.33 Å². The highest BCUT2D eigenvalue weighted by Gasteiger charge is 2.28. The number of carbonyl (C=O) groups excluding carboxylic acids is 1. The van der Waals surface area contributed by atoms with Crippen molar-refractivity contribution in [2.75, 3.05) is 23.7 Å². The SMILES string of the molecule is CC(C)(C)CC(=O)N1CCC(Nc2nc(NC3CCC(N)CC3)nc3c2ncn3C2CCCC2)CC1. The Morgan fingerprint density at radius 2 is 1.64 bits per heavy atom. The van der Waals surface area contributed by atoms with Crippen molar-refractivity contribution in [3.63, 3.8) is 0 Å². The fraction of sp³-hybridized carbons (Fsp3) is 0.778. The Hall–Kier alpha value is -2.42. The number of piperidine rings is 1. The molecule has 9 nitrogen and oxygen atoms in total. The Kier molecular flexibility index (Phi) is 7.37. The molecule has 3 fully saturated rings. The summed E-state index contributed by atoms with van der Waals surface area (Å²) in [5.74, 6) is 1.76. The zero-order valence-electron chi connectivity index (χ0n) is 22.3. The summed E-state index contributed by atoms with van der Waals surface area (Å²) < 4.78 is 2.27. The summed E-state index contributed by atoms with van der Waals surface area (Å²) >= 11 is 0. The van der Waals surface area contributed by atoms with E-state index < -0.39 is 0 Å². The van der Waals surface area contributed by atoms with Crippen LogP contribution in [0.3, 0.4) is 0 Å². The molecule has 3 aliphatic rings. The molecule has 2 aromatic rings. The smallest absolute Gasteiger partial charge is 0.227 e. The number of rotatable bonds is 6. The van der Waals surface area contributed by atoms with Gasteiger partial charge in [-0.05, 0) is 56.8 Å². The minimum absolute atomic E-state index is 0.0175. The number of hydrogen-bond donors (Lipinski definition) is 3. The molecule has 0 unspecified atom stereocenters. The lowest BCUT2D eigenvalue weighted by atomic mass is 9.91. The fourth-order valence-electron chi connectivity index (χ4n) is 6.01. The second kappa shape index (κ2) is 10.5. The normalized spacial score (nSPS) is 24.4. The largest absolute Gasteiger partial charge is 0.365 e. The third kappa shape index (κ3) is 5.93. The first kappa shape index (κ1) is 25.2. The lowest BCUT2D eigenvalue weighted by Gasteiger charge is -2.34. The maximum absolute atomic E-state index is 12.7. The Morgan fingerprint density at radius 1 is 0.972 bits per heavy atom. The standard InChI is InChI=1S/C27H44N8O/c1-27(2,3)16-22(36)34-14-12-20(13-15-34)30-24-23-25(35(17-29-23)21-6-4-5-7-21)33-26(32-24)31-19-10-8-18(28)9-11-19/h17-21H,4-16,28H2,1-3H3,(H2,30,31,32,33). The lowest BCUT2D eigenvalue weighted by molar-refractivity contribution is -0.134. The average molecular weight is 497 g/mol. The summed E-state index contributed by atoms with van der Waals surface area (Å²) in [7, 11) is 0. The average Bonchev–Trinajstić information content (AvgIpc) is 3.50. The quantitative estimate of drug-likeness (QED) is 0.541. The molecule has 0 aromatic carbocycles. The summed E-state index contributed by atoms with van der Waals surface area (Å²) in [5.41, 5.74) is 7.91. The van der Waals surface area contributed by atoms with Crippen LogP contribution >= 0.6 is 0 Å². The van der Waals surface area contributed by atoms with Crippen molar-refractivity contribution in [3.8, 4) is 0 Å². The van der Waals surface area contributed by atoms with Crippen LogP contribution in [0.25, 0.3) is 11.2 Å². The molecule has 4 N–H and O–H groups in total. The topological polar surface area (TPSA) is 114 Å². The zero-order valence-corrected chi connectivity index (χ0v) is 22.3. The maximum atomic E-state index is 12.7. The first-order chi connectivity index (χ1) is 17.2. The van der Waals surface area contributed by atoms with Gasteiger partial charge in [0, 0.05) is 43.7 Å². The van der Waals surface area contributed by atoms with Crippen LogP contribution < -0.4 is 16.4 Å². The van der Waals surface area contributed by atoms with Gasteiger partial charge in [0.15, 0.2) is 17.0 Å². The fourth-order valence-corrected chi connectivity index (χ4v) is 6.01. The van der Waals surface area contributed by atoms with Crippen molar-refractivity contribution in [1.29, 1.82) is 0 Å².